The number of nitrogens with one attached hydrogen (secondary N) is 1. The van der Waals surface area contributed by atoms with Gasteiger partial charge >= 0.3 is 0 Å². The van der Waals surface area contributed by atoms with E-state index in [-0.39, 0.29) is 17.5 Å². The highest BCUT2D eigenvalue weighted by Crippen LogP contribution is 2.26. The molecule has 1 aromatic carbocycles. The second-order valence-corrected chi connectivity index (χ2v) is 10.3. The summed E-state index contributed by atoms with van der Waals surface area (Å²) >= 11 is 0. The van der Waals surface area contributed by atoms with Crippen LogP contribution in [0.15, 0.2) is 30.3 Å². The van der Waals surface area contributed by atoms with Crippen LogP contribution in [-0.2, 0) is 22.8 Å². The summed E-state index contributed by atoms with van der Waals surface area (Å²) in [7, 11) is 1.32. The molecule has 1 aliphatic heterocycles. The summed E-state index contributed by atoms with van der Waals surface area (Å²) in [5, 5.41) is 8.25. The molecule has 154 valence electrons. The van der Waals surface area contributed by atoms with Crippen molar-refractivity contribution >= 4 is 9.84 Å². The second kappa shape index (κ2) is 8.76. The summed E-state index contributed by atoms with van der Waals surface area (Å²) in [5.74, 6) is 0.481. The molecule has 2 heterocycles. The predicted molar refractivity (Wildman–Crippen MR) is 113 cm³/mol. The normalized spacial score (nSPS) is 20.0. The highest BCUT2D eigenvalue weighted by atomic mass is 32.2. The van der Waals surface area contributed by atoms with Crippen LogP contribution >= 0.6 is 0 Å². The topological polar surface area (TPSA) is 67.2 Å². The first-order valence-corrected chi connectivity index (χ1v) is 11.7. The van der Waals surface area contributed by atoms with Crippen LogP contribution in [-0.4, -0.2) is 61.3 Å². The third kappa shape index (κ3) is 5.01. The van der Waals surface area contributed by atoms with Gasteiger partial charge in [-0.1, -0.05) is 30.3 Å². The van der Waals surface area contributed by atoms with E-state index >= 15 is 0 Å². The Morgan fingerprint density at radius 1 is 1.25 bits per heavy atom. The Morgan fingerprint density at radius 3 is 2.57 bits per heavy atom. The number of benzene rings is 1. The summed E-state index contributed by atoms with van der Waals surface area (Å²) in [6.07, 6.45) is 1.66. The van der Waals surface area contributed by atoms with Crippen molar-refractivity contribution in [3.8, 4) is 0 Å². The molecule has 1 saturated heterocycles. The monoisotopic (exact) mass is 404 g/mol. The minimum atomic E-state index is -2.91. The van der Waals surface area contributed by atoms with Crippen molar-refractivity contribution in [2.45, 2.75) is 45.3 Å². The van der Waals surface area contributed by atoms with Crippen LogP contribution < -0.4 is 5.32 Å². The Bertz CT molecular complexity index is 891. The van der Waals surface area contributed by atoms with Crippen LogP contribution in [0.25, 0.3) is 0 Å². The zero-order valence-corrected chi connectivity index (χ0v) is 18.2. The van der Waals surface area contributed by atoms with Crippen molar-refractivity contribution in [1.82, 2.24) is 20.0 Å². The first-order chi connectivity index (χ1) is 13.3. The summed E-state index contributed by atoms with van der Waals surface area (Å²) in [5.41, 5.74) is 4.59. The number of hydrogen-bond donors (Lipinski definition) is 1. The fourth-order valence-corrected chi connectivity index (χ4v) is 5.66. The molecule has 0 saturated carbocycles. The van der Waals surface area contributed by atoms with Gasteiger partial charge in [-0.3, -0.25) is 4.68 Å². The standard InChI is InChI=1S/C21H32N4O2S/c1-16-21(17(2)25(23-16)19-10-11-28(26,27)15-19)14-22-13-20(24(3)4)12-18-8-6-5-7-9-18/h5-9,19-20,22H,10-15H2,1-4H3. The first kappa shape index (κ1) is 21.0. The van der Waals surface area contributed by atoms with Gasteiger partial charge in [0, 0.05) is 30.4 Å². The highest BCUT2D eigenvalue weighted by molar-refractivity contribution is 7.91. The van der Waals surface area contributed by atoms with Crippen LogP contribution in [0.3, 0.4) is 0 Å². The molecule has 2 atom stereocenters. The van der Waals surface area contributed by atoms with Gasteiger partial charge in [-0.05, 0) is 46.3 Å². The molecule has 1 aliphatic rings. The fourth-order valence-electron chi connectivity index (χ4n) is 3.96. The van der Waals surface area contributed by atoms with Crippen LogP contribution in [0.2, 0.25) is 0 Å². The average molecular weight is 405 g/mol. The molecular formula is C21H32N4O2S. The van der Waals surface area contributed by atoms with E-state index in [4.69, 9.17) is 0 Å². The van der Waals surface area contributed by atoms with Gasteiger partial charge in [0.15, 0.2) is 9.84 Å². The van der Waals surface area contributed by atoms with Crippen LogP contribution in [0.4, 0.5) is 0 Å². The fraction of sp³-hybridized carbons (Fsp3) is 0.571. The van der Waals surface area contributed by atoms with Gasteiger partial charge in [0.05, 0.1) is 23.2 Å². The van der Waals surface area contributed by atoms with Crippen LogP contribution in [0.5, 0.6) is 0 Å². The molecule has 2 unspecified atom stereocenters. The molecule has 2 aromatic rings. The van der Waals surface area contributed by atoms with E-state index < -0.39 is 9.84 Å². The van der Waals surface area contributed by atoms with Gasteiger partial charge in [-0.2, -0.15) is 5.10 Å². The number of hydrogen-bond acceptors (Lipinski definition) is 5. The SMILES string of the molecule is Cc1nn(C2CCS(=O)(=O)C2)c(C)c1CNCC(Cc1ccccc1)N(C)C. The quantitative estimate of drug-likeness (QED) is 0.730. The minimum absolute atomic E-state index is 0.0231. The maximum Gasteiger partial charge on any atom is 0.152 e. The van der Waals surface area contributed by atoms with Crippen molar-refractivity contribution in [2.24, 2.45) is 0 Å². The molecule has 7 heteroatoms. The van der Waals surface area contributed by atoms with Crippen LogP contribution in [0.1, 0.15) is 35.0 Å². The lowest BCUT2D eigenvalue weighted by Gasteiger charge is -2.25. The van der Waals surface area contributed by atoms with Crippen molar-refractivity contribution in [2.75, 3.05) is 32.1 Å². The summed E-state index contributed by atoms with van der Waals surface area (Å²) < 4.78 is 25.6. The van der Waals surface area contributed by atoms with E-state index in [0.717, 1.165) is 30.9 Å². The largest absolute Gasteiger partial charge is 0.311 e. The third-order valence-corrected chi connectivity index (χ3v) is 7.51. The maximum atomic E-state index is 11.8. The van der Waals surface area contributed by atoms with Gasteiger partial charge in [0.2, 0.25) is 0 Å². The van der Waals surface area contributed by atoms with Crippen molar-refractivity contribution < 1.29 is 8.42 Å². The Balaban J connectivity index is 1.62. The predicted octanol–water partition coefficient (Wildman–Crippen LogP) is 2.12. The number of likely N-dealkylation sites (N-methyl/N-ethyl adjacent to an activating group) is 1. The summed E-state index contributed by atoms with van der Waals surface area (Å²) in [6.45, 7) is 5.69. The molecule has 28 heavy (non-hydrogen) atoms. The molecule has 0 amide bonds. The van der Waals surface area contributed by atoms with Crippen molar-refractivity contribution in [1.29, 1.82) is 0 Å². The molecule has 0 radical (unpaired) electrons. The Morgan fingerprint density at radius 2 is 1.96 bits per heavy atom. The number of aromatic nitrogens is 2. The van der Waals surface area contributed by atoms with Gasteiger partial charge in [0.1, 0.15) is 0 Å². The van der Waals surface area contributed by atoms with E-state index in [0.29, 0.717) is 12.5 Å². The molecule has 3 rings (SSSR count). The number of nitrogens with zero attached hydrogens (tertiary/aromatic N) is 3. The van der Waals surface area contributed by atoms with Crippen molar-refractivity contribution in [3.63, 3.8) is 0 Å². The molecule has 1 N–H and O–H groups in total. The van der Waals surface area contributed by atoms with Gasteiger partial charge in [0.25, 0.3) is 0 Å². The average Bonchev–Trinajstić information content (AvgIpc) is 3.14. The lowest BCUT2D eigenvalue weighted by atomic mass is 10.0. The highest BCUT2D eigenvalue weighted by Gasteiger charge is 2.31. The molecule has 0 aliphatic carbocycles. The Hall–Kier alpha value is -1.70. The van der Waals surface area contributed by atoms with Gasteiger partial charge < -0.3 is 10.2 Å². The molecule has 0 spiro atoms. The summed E-state index contributed by atoms with van der Waals surface area (Å²) in [6, 6.07) is 10.9. The van der Waals surface area contributed by atoms with E-state index in [1.807, 2.05) is 17.7 Å². The maximum absolute atomic E-state index is 11.8. The minimum Gasteiger partial charge on any atom is -0.311 e. The first-order valence-electron chi connectivity index (χ1n) is 9.93. The van der Waals surface area contributed by atoms with E-state index in [1.165, 1.54) is 11.1 Å². The molecular weight excluding hydrogens is 372 g/mol. The third-order valence-electron chi connectivity index (χ3n) is 5.76. The number of aryl methyl sites for hydroxylation is 1. The lowest BCUT2D eigenvalue weighted by Crippen LogP contribution is -2.39. The van der Waals surface area contributed by atoms with E-state index in [1.54, 1.807) is 0 Å². The van der Waals surface area contributed by atoms with Crippen molar-refractivity contribution in [3.05, 3.63) is 52.8 Å². The molecule has 0 bridgehead atoms. The van der Waals surface area contributed by atoms with E-state index in [9.17, 15) is 8.42 Å². The molecule has 1 aromatic heterocycles. The van der Waals surface area contributed by atoms with Gasteiger partial charge in [-0.25, -0.2) is 8.42 Å². The Labute approximate surface area is 168 Å². The Kier molecular flexibility index (Phi) is 6.58. The zero-order valence-electron chi connectivity index (χ0n) is 17.4. The summed E-state index contributed by atoms with van der Waals surface area (Å²) in [4.78, 5) is 2.26. The zero-order chi connectivity index (χ0) is 20.3. The smallest absolute Gasteiger partial charge is 0.152 e. The van der Waals surface area contributed by atoms with Gasteiger partial charge in [-0.15, -0.1) is 0 Å². The molecule has 1 fully saturated rings. The molecule has 6 nitrogen and oxygen atoms in total. The van der Waals surface area contributed by atoms with E-state index in [2.05, 4.69) is 60.6 Å². The lowest BCUT2D eigenvalue weighted by molar-refractivity contribution is 0.281. The number of rotatable bonds is 8. The van der Waals surface area contributed by atoms with Crippen LogP contribution in [0, 0.1) is 13.8 Å². The second-order valence-electron chi connectivity index (χ2n) is 8.09. The number of sulfone groups is 1.